The fourth-order valence-electron chi connectivity index (χ4n) is 1.60. The van der Waals surface area contributed by atoms with Crippen LogP contribution in [-0.2, 0) is 16.0 Å². The van der Waals surface area contributed by atoms with Crippen LogP contribution in [-0.4, -0.2) is 29.8 Å². The monoisotopic (exact) mass is 289 g/mol. The lowest BCUT2D eigenvalue weighted by Crippen LogP contribution is -2.42. The number of carboxylic acids is 1. The van der Waals surface area contributed by atoms with Crippen LogP contribution in [0.1, 0.15) is 12.5 Å². The van der Waals surface area contributed by atoms with E-state index in [0.29, 0.717) is 0 Å². The maximum Gasteiger partial charge on any atom is 0.408 e. The zero-order chi connectivity index (χ0) is 15.5. The normalized spacial score (nSPS) is 12.4. The number of nitrogens with one attached hydrogen (secondary N) is 1. The Morgan fingerprint density at radius 2 is 2.00 bits per heavy atom. The molecular weight excluding hydrogens is 270 g/mol. The smallest absolute Gasteiger partial charge is 0.408 e. The Balaban J connectivity index is 2.47. The number of ether oxygens (including phenoxy) is 1. The van der Waals surface area contributed by atoms with E-state index in [1.807, 2.05) is 43.3 Å². The van der Waals surface area contributed by atoms with Gasteiger partial charge < -0.3 is 15.2 Å². The predicted octanol–water partition coefficient (Wildman–Crippen LogP) is 2.54. The Hall–Kier alpha value is -2.56. The number of hydrogen-bond acceptors (Lipinski definition) is 3. The van der Waals surface area contributed by atoms with Gasteiger partial charge in [0, 0.05) is 6.42 Å². The number of rotatable bonds is 7. The van der Waals surface area contributed by atoms with E-state index in [4.69, 9.17) is 9.84 Å². The molecule has 1 amide bonds. The van der Waals surface area contributed by atoms with Gasteiger partial charge in [0.15, 0.2) is 0 Å². The second-order valence-electron chi connectivity index (χ2n) is 4.28. The lowest BCUT2D eigenvalue weighted by molar-refractivity contribution is -0.139. The molecule has 112 valence electrons. The van der Waals surface area contributed by atoms with E-state index in [9.17, 15) is 9.59 Å². The van der Waals surface area contributed by atoms with Gasteiger partial charge >= 0.3 is 12.1 Å². The average Bonchev–Trinajstić information content (AvgIpc) is 2.47. The number of hydrogen-bond donors (Lipinski definition) is 2. The van der Waals surface area contributed by atoms with Crippen molar-refractivity contribution in [2.45, 2.75) is 19.4 Å². The van der Waals surface area contributed by atoms with Crippen LogP contribution < -0.4 is 5.32 Å². The molecule has 21 heavy (non-hydrogen) atoms. The summed E-state index contributed by atoms with van der Waals surface area (Å²) in [7, 11) is 0. The van der Waals surface area contributed by atoms with Crippen LogP contribution in [0.15, 0.2) is 54.6 Å². The number of carbonyl (C=O) groups is 2. The molecule has 1 aromatic carbocycles. The maximum absolute atomic E-state index is 11.5. The van der Waals surface area contributed by atoms with Gasteiger partial charge in [-0.05, 0) is 18.6 Å². The fourth-order valence-corrected chi connectivity index (χ4v) is 1.60. The molecule has 0 saturated heterocycles. The van der Waals surface area contributed by atoms with Crippen molar-refractivity contribution in [2.75, 3.05) is 6.61 Å². The quantitative estimate of drug-likeness (QED) is 0.756. The molecule has 0 aliphatic heterocycles. The number of carboxylic acid groups (broad SMARTS) is 1. The molecule has 0 spiro atoms. The van der Waals surface area contributed by atoms with Gasteiger partial charge in [-0.1, -0.05) is 48.6 Å². The molecule has 0 unspecified atom stereocenters. The average molecular weight is 289 g/mol. The molecule has 0 aliphatic carbocycles. The van der Waals surface area contributed by atoms with Crippen molar-refractivity contribution in [1.82, 2.24) is 5.32 Å². The molecule has 1 atom stereocenters. The summed E-state index contributed by atoms with van der Waals surface area (Å²) >= 11 is 0. The minimum absolute atomic E-state index is 0.0911. The minimum Gasteiger partial charge on any atom is -0.480 e. The Morgan fingerprint density at radius 3 is 2.62 bits per heavy atom. The molecule has 5 nitrogen and oxygen atoms in total. The summed E-state index contributed by atoms with van der Waals surface area (Å²) < 4.78 is 4.87. The van der Waals surface area contributed by atoms with Gasteiger partial charge in [-0.2, -0.15) is 0 Å². The summed E-state index contributed by atoms with van der Waals surface area (Å²) in [6.45, 7) is 1.97. The number of alkyl carbamates (subject to hydrolysis) is 1. The van der Waals surface area contributed by atoms with E-state index in [2.05, 4.69) is 5.32 Å². The molecule has 1 rings (SSSR count). The van der Waals surface area contributed by atoms with Gasteiger partial charge in [0.1, 0.15) is 12.6 Å². The maximum atomic E-state index is 11.5. The highest BCUT2D eigenvalue weighted by Gasteiger charge is 2.20. The summed E-state index contributed by atoms with van der Waals surface area (Å²) in [5, 5.41) is 11.5. The van der Waals surface area contributed by atoms with Crippen LogP contribution in [0.5, 0.6) is 0 Å². The lowest BCUT2D eigenvalue weighted by atomic mass is 10.1. The first-order valence-electron chi connectivity index (χ1n) is 6.61. The van der Waals surface area contributed by atoms with Crippen molar-refractivity contribution >= 4 is 12.1 Å². The standard InChI is InChI=1S/C16H19NO4/c1-2-3-4-8-11-21-16(20)17-14(15(18)19)12-13-9-6-5-7-10-13/h2-10,14H,11-12H2,1H3,(H,17,20)(H,18,19)/b3-2+,8-4+/t14-/m0/s1. The Morgan fingerprint density at radius 1 is 1.29 bits per heavy atom. The highest BCUT2D eigenvalue weighted by atomic mass is 16.5. The minimum atomic E-state index is -1.10. The van der Waals surface area contributed by atoms with Crippen molar-refractivity contribution < 1.29 is 19.4 Å². The second kappa shape index (κ2) is 9.36. The Bertz CT molecular complexity index is 508. The van der Waals surface area contributed by atoms with Gasteiger partial charge in [-0.3, -0.25) is 0 Å². The highest BCUT2D eigenvalue weighted by molar-refractivity contribution is 5.80. The molecule has 0 fully saturated rings. The Kier molecular flexibility index (Phi) is 7.35. The molecule has 0 bridgehead atoms. The largest absolute Gasteiger partial charge is 0.480 e. The highest BCUT2D eigenvalue weighted by Crippen LogP contribution is 2.03. The van der Waals surface area contributed by atoms with Crippen LogP contribution in [0.25, 0.3) is 0 Å². The number of aliphatic carboxylic acids is 1. The van der Waals surface area contributed by atoms with Gasteiger partial charge in [0.05, 0.1) is 0 Å². The molecule has 0 aromatic heterocycles. The first kappa shape index (κ1) is 16.5. The fraction of sp³-hybridized carbons (Fsp3) is 0.250. The third-order valence-electron chi connectivity index (χ3n) is 2.62. The van der Waals surface area contributed by atoms with E-state index >= 15 is 0 Å². The molecule has 0 saturated carbocycles. The zero-order valence-electron chi connectivity index (χ0n) is 11.9. The van der Waals surface area contributed by atoms with Gasteiger partial charge in [-0.15, -0.1) is 0 Å². The summed E-state index contributed by atoms with van der Waals surface area (Å²) in [6, 6.07) is 8.08. The van der Waals surface area contributed by atoms with Gasteiger partial charge in [0.25, 0.3) is 0 Å². The topological polar surface area (TPSA) is 75.6 Å². The summed E-state index contributed by atoms with van der Waals surface area (Å²) in [4.78, 5) is 22.7. The van der Waals surface area contributed by atoms with Crippen LogP contribution in [0, 0.1) is 0 Å². The first-order valence-corrected chi connectivity index (χ1v) is 6.61. The van der Waals surface area contributed by atoms with Crippen LogP contribution in [0.2, 0.25) is 0 Å². The van der Waals surface area contributed by atoms with Crippen molar-refractivity contribution in [3.63, 3.8) is 0 Å². The molecule has 0 radical (unpaired) electrons. The Labute approximate surface area is 123 Å². The SMILES string of the molecule is C/C=C/C=C/COC(=O)N[C@@H](Cc1ccccc1)C(=O)O. The number of benzene rings is 1. The van der Waals surface area contributed by atoms with Crippen LogP contribution in [0.4, 0.5) is 4.79 Å². The molecule has 5 heteroatoms. The van der Waals surface area contributed by atoms with Crippen molar-refractivity contribution in [3.05, 3.63) is 60.2 Å². The molecule has 0 heterocycles. The molecule has 1 aromatic rings. The second-order valence-corrected chi connectivity index (χ2v) is 4.28. The predicted molar refractivity (Wildman–Crippen MR) is 80.0 cm³/mol. The van der Waals surface area contributed by atoms with E-state index in [1.165, 1.54) is 0 Å². The third-order valence-corrected chi connectivity index (χ3v) is 2.62. The van der Waals surface area contributed by atoms with Crippen LogP contribution >= 0.6 is 0 Å². The van der Waals surface area contributed by atoms with E-state index < -0.39 is 18.1 Å². The molecular formula is C16H19NO4. The summed E-state index contributed by atoms with van der Waals surface area (Å²) in [5.41, 5.74) is 0.832. The number of amides is 1. The lowest BCUT2D eigenvalue weighted by Gasteiger charge is -2.14. The van der Waals surface area contributed by atoms with Gasteiger partial charge in [0.2, 0.25) is 0 Å². The summed E-state index contributed by atoms with van der Waals surface area (Å²) in [5.74, 6) is -1.10. The zero-order valence-corrected chi connectivity index (χ0v) is 11.9. The van der Waals surface area contributed by atoms with Crippen molar-refractivity contribution in [2.24, 2.45) is 0 Å². The number of allylic oxidation sites excluding steroid dienone is 3. The van der Waals surface area contributed by atoms with E-state index in [1.54, 1.807) is 18.2 Å². The third kappa shape index (κ3) is 6.96. The van der Waals surface area contributed by atoms with Crippen molar-refractivity contribution in [1.29, 1.82) is 0 Å². The summed E-state index contributed by atoms with van der Waals surface area (Å²) in [6.07, 6.45) is 6.51. The number of carbonyl (C=O) groups excluding carboxylic acids is 1. The van der Waals surface area contributed by atoms with Crippen LogP contribution in [0.3, 0.4) is 0 Å². The molecule has 2 N–H and O–H groups in total. The van der Waals surface area contributed by atoms with Crippen molar-refractivity contribution in [3.8, 4) is 0 Å². The van der Waals surface area contributed by atoms with Gasteiger partial charge in [-0.25, -0.2) is 9.59 Å². The first-order chi connectivity index (χ1) is 10.1. The van der Waals surface area contributed by atoms with E-state index in [-0.39, 0.29) is 13.0 Å². The molecule has 0 aliphatic rings. The van der Waals surface area contributed by atoms with E-state index in [0.717, 1.165) is 5.56 Å².